The van der Waals surface area contributed by atoms with E-state index in [1.807, 2.05) is 0 Å². The minimum atomic E-state index is -1.03. The van der Waals surface area contributed by atoms with Gasteiger partial charge in [-0.25, -0.2) is 4.39 Å². The number of nitrogens with one attached hydrogen (secondary N) is 1. The molecule has 0 bridgehead atoms. The molecule has 1 aromatic rings. The summed E-state index contributed by atoms with van der Waals surface area (Å²) in [6, 6.07) is 4.18. The number of halogens is 2. The maximum Gasteiger partial charge on any atom is 0.311 e. The van der Waals surface area contributed by atoms with Crippen LogP contribution in [0.2, 0.25) is 5.02 Å². The molecule has 2 N–H and O–H groups in total. The van der Waals surface area contributed by atoms with E-state index >= 15 is 0 Å². The first-order valence-electron chi connectivity index (χ1n) is 6.23. The molecule has 0 heterocycles. The van der Waals surface area contributed by atoms with Crippen LogP contribution in [0.4, 0.5) is 4.39 Å². The van der Waals surface area contributed by atoms with Gasteiger partial charge in [0.25, 0.3) is 0 Å². The highest BCUT2D eigenvalue weighted by atomic mass is 35.5. The van der Waals surface area contributed by atoms with Crippen molar-refractivity contribution in [3.8, 4) is 0 Å². The fraction of sp³-hybridized carbons (Fsp3) is 0.429. The standard InChI is InChI=1S/C14H17ClFNO3/c1-3-14(2,13(19)20)8-17-12(18)7-9-10(15)5-4-6-11(9)16/h4-6H,3,7-8H2,1-2H3,(H,17,18)(H,19,20). The van der Waals surface area contributed by atoms with E-state index in [0.717, 1.165) is 0 Å². The van der Waals surface area contributed by atoms with Gasteiger partial charge in [-0.1, -0.05) is 24.6 Å². The van der Waals surface area contributed by atoms with Crippen LogP contribution >= 0.6 is 11.6 Å². The Labute approximate surface area is 121 Å². The number of hydrogen-bond donors (Lipinski definition) is 2. The van der Waals surface area contributed by atoms with Gasteiger partial charge in [0.05, 0.1) is 11.8 Å². The van der Waals surface area contributed by atoms with E-state index in [-0.39, 0.29) is 23.6 Å². The van der Waals surface area contributed by atoms with Crippen molar-refractivity contribution >= 4 is 23.5 Å². The Balaban J connectivity index is 2.67. The molecule has 0 spiro atoms. The molecule has 1 rings (SSSR count). The Morgan fingerprint density at radius 3 is 2.60 bits per heavy atom. The second-order valence-corrected chi connectivity index (χ2v) is 5.28. The molecule has 0 aliphatic carbocycles. The fourth-order valence-electron chi connectivity index (χ4n) is 1.57. The van der Waals surface area contributed by atoms with Gasteiger partial charge in [0, 0.05) is 17.1 Å². The van der Waals surface area contributed by atoms with Gasteiger partial charge in [0.15, 0.2) is 0 Å². The zero-order valence-corrected chi connectivity index (χ0v) is 12.1. The fourth-order valence-corrected chi connectivity index (χ4v) is 1.80. The van der Waals surface area contributed by atoms with Crippen LogP contribution < -0.4 is 5.32 Å². The lowest BCUT2D eigenvalue weighted by Crippen LogP contribution is -2.41. The molecule has 0 saturated heterocycles. The average molecular weight is 302 g/mol. The molecule has 0 aromatic heterocycles. The highest BCUT2D eigenvalue weighted by Crippen LogP contribution is 2.21. The molecule has 0 saturated carbocycles. The van der Waals surface area contributed by atoms with E-state index < -0.39 is 23.1 Å². The second-order valence-electron chi connectivity index (χ2n) is 4.87. The van der Waals surface area contributed by atoms with Gasteiger partial charge >= 0.3 is 5.97 Å². The van der Waals surface area contributed by atoms with Crippen molar-refractivity contribution in [3.05, 3.63) is 34.6 Å². The van der Waals surface area contributed by atoms with Gasteiger partial charge in [-0.05, 0) is 25.5 Å². The first-order valence-corrected chi connectivity index (χ1v) is 6.61. The minimum Gasteiger partial charge on any atom is -0.481 e. The van der Waals surface area contributed by atoms with Crippen molar-refractivity contribution in [2.24, 2.45) is 5.41 Å². The van der Waals surface area contributed by atoms with Crippen LogP contribution in [0.25, 0.3) is 0 Å². The molecule has 6 heteroatoms. The number of amides is 1. The zero-order chi connectivity index (χ0) is 15.3. The highest BCUT2D eigenvalue weighted by Gasteiger charge is 2.31. The van der Waals surface area contributed by atoms with Crippen LogP contribution in [0, 0.1) is 11.2 Å². The molecule has 0 aliphatic rings. The van der Waals surface area contributed by atoms with Crippen LogP contribution in [0.5, 0.6) is 0 Å². The molecular formula is C14H17ClFNO3. The lowest BCUT2D eigenvalue weighted by Gasteiger charge is -2.23. The normalized spacial score (nSPS) is 13.6. The Morgan fingerprint density at radius 1 is 1.45 bits per heavy atom. The number of rotatable bonds is 6. The summed E-state index contributed by atoms with van der Waals surface area (Å²) in [7, 11) is 0. The third-order valence-corrected chi connectivity index (χ3v) is 3.73. The summed E-state index contributed by atoms with van der Waals surface area (Å²) in [6.45, 7) is 3.27. The monoisotopic (exact) mass is 301 g/mol. The summed E-state index contributed by atoms with van der Waals surface area (Å²) in [6.07, 6.45) is 0.161. The molecule has 1 unspecified atom stereocenters. The van der Waals surface area contributed by atoms with E-state index in [0.29, 0.717) is 6.42 Å². The molecule has 1 amide bonds. The first kappa shape index (κ1) is 16.4. The number of aliphatic carboxylic acids is 1. The van der Waals surface area contributed by atoms with E-state index in [1.165, 1.54) is 18.2 Å². The largest absolute Gasteiger partial charge is 0.481 e. The summed E-state index contributed by atoms with van der Waals surface area (Å²) in [5.74, 6) is -1.99. The van der Waals surface area contributed by atoms with Crippen LogP contribution in [-0.2, 0) is 16.0 Å². The molecular weight excluding hydrogens is 285 g/mol. The van der Waals surface area contributed by atoms with Crippen molar-refractivity contribution in [1.82, 2.24) is 5.32 Å². The summed E-state index contributed by atoms with van der Waals surface area (Å²) in [5.41, 5.74) is -0.922. The molecule has 110 valence electrons. The molecule has 0 fully saturated rings. The van der Waals surface area contributed by atoms with Crippen LogP contribution in [0.15, 0.2) is 18.2 Å². The van der Waals surface area contributed by atoms with E-state index in [9.17, 15) is 14.0 Å². The number of benzene rings is 1. The highest BCUT2D eigenvalue weighted by molar-refractivity contribution is 6.31. The smallest absolute Gasteiger partial charge is 0.311 e. The van der Waals surface area contributed by atoms with Crippen molar-refractivity contribution in [3.63, 3.8) is 0 Å². The molecule has 1 aromatic carbocycles. The summed E-state index contributed by atoms with van der Waals surface area (Å²) >= 11 is 5.83. The lowest BCUT2D eigenvalue weighted by atomic mass is 9.87. The molecule has 0 aliphatic heterocycles. The van der Waals surface area contributed by atoms with E-state index in [4.69, 9.17) is 16.7 Å². The van der Waals surface area contributed by atoms with Crippen LogP contribution in [0.3, 0.4) is 0 Å². The van der Waals surface area contributed by atoms with Gasteiger partial charge in [-0.3, -0.25) is 9.59 Å². The third kappa shape index (κ3) is 3.93. The topological polar surface area (TPSA) is 66.4 Å². The maximum atomic E-state index is 13.5. The van der Waals surface area contributed by atoms with Gasteiger partial charge in [-0.15, -0.1) is 0 Å². The quantitative estimate of drug-likeness (QED) is 0.849. The van der Waals surface area contributed by atoms with Crippen molar-refractivity contribution in [1.29, 1.82) is 0 Å². The van der Waals surface area contributed by atoms with Crippen molar-refractivity contribution in [2.45, 2.75) is 26.7 Å². The minimum absolute atomic E-state index is 0.0102. The molecule has 1 atom stereocenters. The van der Waals surface area contributed by atoms with Gasteiger partial charge in [0.1, 0.15) is 5.82 Å². The Bertz CT molecular complexity index is 501. The van der Waals surface area contributed by atoms with Crippen molar-refractivity contribution in [2.75, 3.05) is 6.54 Å². The van der Waals surface area contributed by atoms with Gasteiger partial charge in [-0.2, -0.15) is 0 Å². The Hall–Kier alpha value is -1.62. The number of carbonyl (C=O) groups is 2. The third-order valence-electron chi connectivity index (χ3n) is 3.37. The zero-order valence-electron chi connectivity index (χ0n) is 11.4. The summed E-state index contributed by atoms with van der Waals surface area (Å²) in [4.78, 5) is 22.9. The number of carboxylic acids is 1. The Morgan fingerprint density at radius 2 is 2.10 bits per heavy atom. The van der Waals surface area contributed by atoms with E-state index in [1.54, 1.807) is 13.8 Å². The second kappa shape index (κ2) is 6.70. The molecule has 4 nitrogen and oxygen atoms in total. The lowest BCUT2D eigenvalue weighted by molar-refractivity contribution is -0.148. The number of carboxylic acid groups (broad SMARTS) is 1. The van der Waals surface area contributed by atoms with Crippen molar-refractivity contribution < 1.29 is 19.1 Å². The van der Waals surface area contributed by atoms with Crippen LogP contribution in [0.1, 0.15) is 25.8 Å². The van der Waals surface area contributed by atoms with E-state index in [2.05, 4.69) is 5.32 Å². The number of carbonyl (C=O) groups excluding carboxylic acids is 1. The van der Waals surface area contributed by atoms with Crippen LogP contribution in [-0.4, -0.2) is 23.5 Å². The predicted molar refractivity (Wildman–Crippen MR) is 74.2 cm³/mol. The van der Waals surface area contributed by atoms with Gasteiger partial charge in [0.2, 0.25) is 5.91 Å². The average Bonchev–Trinajstić information content (AvgIpc) is 2.40. The first-order chi connectivity index (χ1) is 9.30. The maximum absolute atomic E-state index is 13.5. The summed E-state index contributed by atoms with van der Waals surface area (Å²) < 4.78 is 13.5. The Kier molecular flexibility index (Phi) is 5.51. The molecule has 20 heavy (non-hydrogen) atoms. The summed E-state index contributed by atoms with van der Waals surface area (Å²) in [5, 5.41) is 11.8. The number of hydrogen-bond acceptors (Lipinski definition) is 2. The predicted octanol–water partition coefficient (Wildman–Crippen LogP) is 2.64. The SMILES string of the molecule is CCC(C)(CNC(=O)Cc1c(F)cccc1Cl)C(=O)O. The molecule has 0 radical (unpaired) electrons. The van der Waals surface area contributed by atoms with Gasteiger partial charge < -0.3 is 10.4 Å².